The van der Waals surface area contributed by atoms with Crippen molar-refractivity contribution in [1.82, 2.24) is 4.90 Å². The molecule has 0 atom stereocenters. The molecule has 0 unspecified atom stereocenters. The minimum Gasteiger partial charge on any atom is -0.469 e. The number of Topliss-reactive ketones (excluding diaryl/α,β-unsaturated/α-hetero) is 1. The summed E-state index contributed by atoms with van der Waals surface area (Å²) in [5.74, 6) is -0.405. The number of hydrogen-bond acceptors (Lipinski definition) is 4. The van der Waals surface area contributed by atoms with Gasteiger partial charge in [-0.05, 0) is 19.8 Å². The Morgan fingerprint density at radius 1 is 1.09 bits per heavy atom. The van der Waals surface area contributed by atoms with Gasteiger partial charge < -0.3 is 9.64 Å². The third-order valence-electron chi connectivity index (χ3n) is 4.03. The number of carbonyl (C=O) groups is 3. The van der Waals surface area contributed by atoms with Crippen molar-refractivity contribution in [3.8, 4) is 0 Å². The van der Waals surface area contributed by atoms with Crippen LogP contribution in [0.1, 0.15) is 48.0 Å². The summed E-state index contributed by atoms with van der Waals surface area (Å²) >= 11 is 0. The van der Waals surface area contributed by atoms with Gasteiger partial charge in [0.1, 0.15) is 0 Å². The first-order chi connectivity index (χ1) is 11.0. The number of rotatable bonds is 8. The monoisotopic (exact) mass is 317 g/mol. The molecule has 1 fully saturated rings. The van der Waals surface area contributed by atoms with Crippen LogP contribution in [-0.2, 0) is 14.3 Å². The molecule has 2 rings (SSSR count). The number of ether oxygens (including phenoxy) is 1. The van der Waals surface area contributed by atoms with Crippen molar-refractivity contribution in [1.29, 1.82) is 0 Å². The number of methoxy groups -OCH3 is 1. The Hall–Kier alpha value is -2.17. The van der Waals surface area contributed by atoms with Crippen molar-refractivity contribution < 1.29 is 19.1 Å². The number of carbonyl (C=O) groups excluding carboxylic acids is 3. The Balaban J connectivity index is 1.85. The molecule has 0 bridgehead atoms. The second-order valence-corrected chi connectivity index (χ2v) is 5.93. The van der Waals surface area contributed by atoms with E-state index in [-0.39, 0.29) is 43.0 Å². The van der Waals surface area contributed by atoms with Gasteiger partial charge in [0.15, 0.2) is 5.78 Å². The molecule has 124 valence electrons. The van der Waals surface area contributed by atoms with Crippen LogP contribution in [0.4, 0.5) is 0 Å². The summed E-state index contributed by atoms with van der Waals surface area (Å²) in [4.78, 5) is 37.4. The fourth-order valence-electron chi connectivity index (χ4n) is 2.46. The van der Waals surface area contributed by atoms with Gasteiger partial charge in [-0.3, -0.25) is 14.4 Å². The van der Waals surface area contributed by atoms with Crippen LogP contribution in [0.25, 0.3) is 0 Å². The molecular formula is C18H23NO4. The number of nitrogens with zero attached hydrogens (tertiary/aromatic N) is 1. The summed E-state index contributed by atoms with van der Waals surface area (Å²) in [6.07, 6.45) is 2.52. The van der Waals surface area contributed by atoms with Gasteiger partial charge in [-0.15, -0.1) is 0 Å². The molecule has 0 radical (unpaired) electrons. The quantitative estimate of drug-likeness (QED) is 0.546. The smallest absolute Gasteiger partial charge is 0.307 e. The Morgan fingerprint density at radius 2 is 1.74 bits per heavy atom. The second kappa shape index (κ2) is 7.90. The van der Waals surface area contributed by atoms with Crippen LogP contribution >= 0.6 is 0 Å². The van der Waals surface area contributed by atoms with E-state index in [4.69, 9.17) is 0 Å². The maximum absolute atomic E-state index is 12.3. The van der Waals surface area contributed by atoms with Crippen molar-refractivity contribution >= 4 is 17.7 Å². The lowest BCUT2D eigenvalue weighted by Crippen LogP contribution is -2.35. The van der Waals surface area contributed by atoms with E-state index in [1.54, 1.807) is 17.0 Å². The summed E-state index contributed by atoms with van der Waals surface area (Å²) in [5.41, 5.74) is 1.73. The largest absolute Gasteiger partial charge is 0.469 e. The summed E-state index contributed by atoms with van der Waals surface area (Å²) in [6, 6.07) is 7.58. The van der Waals surface area contributed by atoms with Crippen LogP contribution in [0.2, 0.25) is 0 Å². The average Bonchev–Trinajstić information content (AvgIpc) is 3.38. The number of esters is 1. The molecule has 5 nitrogen and oxygen atoms in total. The van der Waals surface area contributed by atoms with Crippen LogP contribution in [0.5, 0.6) is 0 Å². The van der Waals surface area contributed by atoms with Gasteiger partial charge in [0.25, 0.3) is 0 Å². The van der Waals surface area contributed by atoms with Crippen molar-refractivity contribution in [2.24, 2.45) is 0 Å². The fraction of sp³-hybridized carbons (Fsp3) is 0.500. The lowest BCUT2D eigenvalue weighted by atomic mass is 10.0. The molecule has 0 heterocycles. The van der Waals surface area contributed by atoms with Gasteiger partial charge in [-0.25, -0.2) is 0 Å². The minimum absolute atomic E-state index is 0.0259. The fourth-order valence-corrected chi connectivity index (χ4v) is 2.46. The van der Waals surface area contributed by atoms with Crippen LogP contribution < -0.4 is 0 Å². The highest BCUT2D eigenvalue weighted by Gasteiger charge is 2.32. The van der Waals surface area contributed by atoms with E-state index >= 15 is 0 Å². The normalized spacial score (nSPS) is 13.5. The molecule has 5 heteroatoms. The zero-order valence-corrected chi connectivity index (χ0v) is 13.7. The second-order valence-electron chi connectivity index (χ2n) is 5.93. The molecule has 1 aliphatic carbocycles. The van der Waals surface area contributed by atoms with E-state index in [1.165, 1.54) is 7.11 Å². The molecule has 0 aromatic heterocycles. The molecule has 0 saturated heterocycles. The van der Waals surface area contributed by atoms with Gasteiger partial charge in [0.05, 0.1) is 13.5 Å². The van der Waals surface area contributed by atoms with Crippen LogP contribution in [0, 0.1) is 6.92 Å². The van der Waals surface area contributed by atoms with Crippen molar-refractivity contribution in [3.05, 3.63) is 35.4 Å². The van der Waals surface area contributed by atoms with Crippen LogP contribution in [-0.4, -0.2) is 42.3 Å². The number of aryl methyl sites for hydroxylation is 1. The zero-order valence-electron chi connectivity index (χ0n) is 13.7. The lowest BCUT2D eigenvalue weighted by Gasteiger charge is -2.21. The summed E-state index contributed by atoms with van der Waals surface area (Å²) in [7, 11) is 1.34. The van der Waals surface area contributed by atoms with E-state index in [9.17, 15) is 14.4 Å². The van der Waals surface area contributed by atoms with E-state index in [0.29, 0.717) is 12.1 Å². The Kier molecular flexibility index (Phi) is 5.90. The average molecular weight is 317 g/mol. The molecule has 1 saturated carbocycles. The third kappa shape index (κ3) is 5.20. The maximum Gasteiger partial charge on any atom is 0.307 e. The van der Waals surface area contributed by atoms with E-state index in [0.717, 1.165) is 18.4 Å². The van der Waals surface area contributed by atoms with Gasteiger partial charge in [-0.1, -0.05) is 29.8 Å². The zero-order chi connectivity index (χ0) is 16.8. The third-order valence-corrected chi connectivity index (χ3v) is 4.03. The predicted octanol–water partition coefficient (Wildman–Crippen LogP) is 2.51. The first kappa shape index (κ1) is 17.2. The van der Waals surface area contributed by atoms with Gasteiger partial charge in [0.2, 0.25) is 5.91 Å². The molecule has 1 amide bonds. The first-order valence-electron chi connectivity index (χ1n) is 7.97. The highest BCUT2D eigenvalue weighted by Crippen LogP contribution is 2.28. The molecule has 1 aliphatic rings. The molecular weight excluding hydrogens is 294 g/mol. The van der Waals surface area contributed by atoms with E-state index in [2.05, 4.69) is 4.74 Å². The van der Waals surface area contributed by atoms with Crippen LogP contribution in [0.15, 0.2) is 24.3 Å². The summed E-state index contributed by atoms with van der Waals surface area (Å²) in [6.45, 7) is 2.33. The SMILES string of the molecule is COC(=O)CCN(C(=O)CCC(=O)c1ccc(C)cc1)C1CC1. The Labute approximate surface area is 136 Å². The van der Waals surface area contributed by atoms with Gasteiger partial charge >= 0.3 is 5.97 Å². The number of hydrogen-bond donors (Lipinski definition) is 0. The topological polar surface area (TPSA) is 63.7 Å². The van der Waals surface area contributed by atoms with E-state index in [1.807, 2.05) is 19.1 Å². The minimum atomic E-state index is -0.320. The number of benzene rings is 1. The number of ketones is 1. The van der Waals surface area contributed by atoms with Crippen molar-refractivity contribution in [2.45, 2.75) is 45.1 Å². The van der Waals surface area contributed by atoms with Crippen molar-refractivity contribution in [2.75, 3.05) is 13.7 Å². The van der Waals surface area contributed by atoms with Gasteiger partial charge in [-0.2, -0.15) is 0 Å². The molecule has 0 spiro atoms. The summed E-state index contributed by atoms with van der Waals surface area (Å²) < 4.78 is 4.62. The highest BCUT2D eigenvalue weighted by molar-refractivity contribution is 5.98. The predicted molar refractivity (Wildman–Crippen MR) is 86.1 cm³/mol. The Bertz CT molecular complexity index is 575. The molecule has 0 N–H and O–H groups in total. The maximum atomic E-state index is 12.3. The first-order valence-corrected chi connectivity index (χ1v) is 7.97. The molecule has 1 aromatic rings. The molecule has 0 aliphatic heterocycles. The highest BCUT2D eigenvalue weighted by atomic mass is 16.5. The standard InChI is InChI=1S/C18H23NO4/c1-13-3-5-14(6-4-13)16(20)9-10-17(21)19(15-7-8-15)12-11-18(22)23-2/h3-6,15H,7-12H2,1-2H3. The molecule has 1 aromatic carbocycles. The van der Waals surface area contributed by atoms with E-state index < -0.39 is 0 Å². The lowest BCUT2D eigenvalue weighted by molar-refractivity contribution is -0.141. The number of amides is 1. The van der Waals surface area contributed by atoms with Gasteiger partial charge in [0, 0.05) is 31.0 Å². The summed E-state index contributed by atoms with van der Waals surface area (Å²) in [5, 5.41) is 0. The van der Waals surface area contributed by atoms with Crippen molar-refractivity contribution in [3.63, 3.8) is 0 Å². The Morgan fingerprint density at radius 3 is 2.30 bits per heavy atom. The molecule has 23 heavy (non-hydrogen) atoms. The van der Waals surface area contributed by atoms with Crippen LogP contribution in [0.3, 0.4) is 0 Å².